The number of aromatic nitrogens is 2. The van der Waals surface area contributed by atoms with Gasteiger partial charge in [0.25, 0.3) is 0 Å². The minimum absolute atomic E-state index is 0.369. The van der Waals surface area contributed by atoms with E-state index in [0.29, 0.717) is 25.1 Å². The van der Waals surface area contributed by atoms with Crippen molar-refractivity contribution in [2.24, 2.45) is 5.73 Å². The Morgan fingerprint density at radius 2 is 2.20 bits per heavy atom. The monoisotopic (exact) mass is 209 g/mol. The highest BCUT2D eigenvalue weighted by Crippen LogP contribution is 2.18. The van der Waals surface area contributed by atoms with Crippen LogP contribution in [-0.4, -0.2) is 23.1 Å². The van der Waals surface area contributed by atoms with Crippen molar-refractivity contribution in [2.45, 2.75) is 33.1 Å². The van der Waals surface area contributed by atoms with E-state index in [1.165, 1.54) is 0 Å². The fourth-order valence-electron chi connectivity index (χ4n) is 1.45. The molecule has 1 heterocycles. The topological polar surface area (TPSA) is 61.0 Å². The van der Waals surface area contributed by atoms with Crippen LogP contribution in [0.25, 0.3) is 0 Å². The van der Waals surface area contributed by atoms with Gasteiger partial charge in [0.2, 0.25) is 0 Å². The minimum atomic E-state index is 0.369. The molecule has 1 aromatic heterocycles. The molecule has 0 amide bonds. The zero-order valence-electron chi connectivity index (χ0n) is 9.66. The smallest absolute Gasteiger partial charge is 0.316 e. The predicted octanol–water partition coefficient (Wildman–Crippen LogP) is 1.50. The van der Waals surface area contributed by atoms with Crippen LogP contribution in [0.2, 0.25) is 0 Å². The SMILES string of the molecule is CCOc1ncc(CCN)c(C(C)C)n1. The van der Waals surface area contributed by atoms with E-state index >= 15 is 0 Å². The molecule has 0 fully saturated rings. The summed E-state index contributed by atoms with van der Waals surface area (Å²) in [6.45, 7) is 7.35. The Morgan fingerprint density at radius 1 is 1.47 bits per heavy atom. The third-order valence-electron chi connectivity index (χ3n) is 2.11. The zero-order valence-corrected chi connectivity index (χ0v) is 9.66. The van der Waals surface area contributed by atoms with Gasteiger partial charge in [-0.3, -0.25) is 0 Å². The highest BCUT2D eigenvalue weighted by molar-refractivity contribution is 5.22. The lowest BCUT2D eigenvalue weighted by atomic mass is 10.0. The molecule has 0 aromatic carbocycles. The molecule has 0 bridgehead atoms. The summed E-state index contributed by atoms with van der Waals surface area (Å²) in [5, 5.41) is 0. The largest absolute Gasteiger partial charge is 0.464 e. The maximum Gasteiger partial charge on any atom is 0.316 e. The van der Waals surface area contributed by atoms with Gasteiger partial charge >= 0.3 is 6.01 Å². The van der Waals surface area contributed by atoms with E-state index in [-0.39, 0.29) is 0 Å². The van der Waals surface area contributed by atoms with Crippen molar-refractivity contribution in [2.75, 3.05) is 13.2 Å². The molecule has 0 saturated carbocycles. The molecule has 84 valence electrons. The number of hydrogen-bond acceptors (Lipinski definition) is 4. The van der Waals surface area contributed by atoms with Crippen molar-refractivity contribution in [3.8, 4) is 6.01 Å². The second-order valence-corrected chi connectivity index (χ2v) is 3.69. The first kappa shape index (κ1) is 11.9. The van der Waals surface area contributed by atoms with Crippen molar-refractivity contribution < 1.29 is 4.74 Å². The quantitative estimate of drug-likeness (QED) is 0.798. The summed E-state index contributed by atoms with van der Waals surface area (Å²) in [7, 11) is 0. The first-order chi connectivity index (χ1) is 7.19. The number of hydrogen-bond donors (Lipinski definition) is 1. The van der Waals surface area contributed by atoms with Crippen LogP contribution < -0.4 is 10.5 Å². The summed E-state index contributed by atoms with van der Waals surface area (Å²) in [6, 6.07) is 0.460. The lowest BCUT2D eigenvalue weighted by molar-refractivity contribution is 0.310. The standard InChI is InChI=1S/C11H19N3O/c1-4-15-11-13-7-9(5-6-12)10(14-11)8(2)3/h7-8H,4-6,12H2,1-3H3. The van der Waals surface area contributed by atoms with Gasteiger partial charge in [0.15, 0.2) is 0 Å². The Bertz CT molecular complexity index is 313. The molecule has 1 aromatic rings. The van der Waals surface area contributed by atoms with Gasteiger partial charge in [0, 0.05) is 6.20 Å². The number of nitrogens with zero attached hydrogens (tertiary/aromatic N) is 2. The van der Waals surface area contributed by atoms with Crippen LogP contribution in [0.4, 0.5) is 0 Å². The molecule has 0 spiro atoms. The van der Waals surface area contributed by atoms with Crippen molar-refractivity contribution in [1.29, 1.82) is 0 Å². The van der Waals surface area contributed by atoms with Crippen molar-refractivity contribution in [3.63, 3.8) is 0 Å². The third kappa shape index (κ3) is 3.16. The molecule has 0 unspecified atom stereocenters. The molecule has 0 radical (unpaired) electrons. The molecule has 4 heteroatoms. The first-order valence-electron chi connectivity index (χ1n) is 5.37. The molecular formula is C11H19N3O. The maximum atomic E-state index is 5.54. The maximum absolute atomic E-state index is 5.54. The van der Waals surface area contributed by atoms with E-state index in [1.54, 1.807) is 0 Å². The average molecular weight is 209 g/mol. The molecular weight excluding hydrogens is 190 g/mol. The molecule has 0 aliphatic rings. The second-order valence-electron chi connectivity index (χ2n) is 3.69. The Morgan fingerprint density at radius 3 is 2.73 bits per heavy atom. The van der Waals surface area contributed by atoms with Crippen LogP contribution in [0.5, 0.6) is 6.01 Å². The fraction of sp³-hybridized carbons (Fsp3) is 0.636. The van der Waals surface area contributed by atoms with Crippen molar-refractivity contribution in [1.82, 2.24) is 9.97 Å². The van der Waals surface area contributed by atoms with E-state index in [0.717, 1.165) is 17.7 Å². The van der Waals surface area contributed by atoms with Crippen LogP contribution in [0.3, 0.4) is 0 Å². The molecule has 0 saturated heterocycles. The molecule has 0 aliphatic carbocycles. The van der Waals surface area contributed by atoms with Gasteiger partial charge in [-0.05, 0) is 31.4 Å². The van der Waals surface area contributed by atoms with Gasteiger partial charge in [-0.25, -0.2) is 4.98 Å². The molecule has 1 rings (SSSR count). The van der Waals surface area contributed by atoms with Crippen LogP contribution >= 0.6 is 0 Å². The molecule has 0 atom stereocenters. The molecule has 2 N–H and O–H groups in total. The van der Waals surface area contributed by atoms with Crippen LogP contribution in [-0.2, 0) is 6.42 Å². The molecule has 0 aliphatic heterocycles. The Kier molecular flexibility index (Phi) is 4.49. The Balaban J connectivity index is 2.97. The minimum Gasteiger partial charge on any atom is -0.464 e. The Hall–Kier alpha value is -1.16. The first-order valence-corrected chi connectivity index (χ1v) is 5.37. The summed E-state index contributed by atoms with van der Waals surface area (Å²) < 4.78 is 5.28. The Labute approximate surface area is 90.9 Å². The van der Waals surface area contributed by atoms with Gasteiger partial charge < -0.3 is 10.5 Å². The van der Waals surface area contributed by atoms with Gasteiger partial charge in [0.1, 0.15) is 0 Å². The van der Waals surface area contributed by atoms with Crippen molar-refractivity contribution in [3.05, 3.63) is 17.5 Å². The molecule has 4 nitrogen and oxygen atoms in total. The van der Waals surface area contributed by atoms with Gasteiger partial charge in [-0.15, -0.1) is 0 Å². The lowest BCUT2D eigenvalue weighted by Gasteiger charge is -2.11. The summed E-state index contributed by atoms with van der Waals surface area (Å²) in [5.41, 5.74) is 7.70. The second kappa shape index (κ2) is 5.66. The van der Waals surface area contributed by atoms with Gasteiger partial charge in [-0.2, -0.15) is 4.98 Å². The fourth-order valence-corrected chi connectivity index (χ4v) is 1.45. The van der Waals surface area contributed by atoms with Crippen LogP contribution in [0.1, 0.15) is 37.9 Å². The van der Waals surface area contributed by atoms with E-state index in [9.17, 15) is 0 Å². The third-order valence-corrected chi connectivity index (χ3v) is 2.11. The lowest BCUT2D eigenvalue weighted by Crippen LogP contribution is -2.10. The van der Waals surface area contributed by atoms with Gasteiger partial charge in [-0.1, -0.05) is 13.8 Å². The zero-order chi connectivity index (χ0) is 11.3. The number of nitrogens with two attached hydrogens (primary N) is 1. The average Bonchev–Trinajstić information content (AvgIpc) is 2.21. The van der Waals surface area contributed by atoms with Crippen LogP contribution in [0, 0.1) is 0 Å². The van der Waals surface area contributed by atoms with Crippen molar-refractivity contribution >= 4 is 0 Å². The number of ether oxygens (including phenoxy) is 1. The van der Waals surface area contributed by atoms with E-state index in [1.807, 2.05) is 13.1 Å². The summed E-state index contributed by atoms with van der Waals surface area (Å²) >= 11 is 0. The summed E-state index contributed by atoms with van der Waals surface area (Å²) in [4.78, 5) is 8.53. The van der Waals surface area contributed by atoms with E-state index < -0.39 is 0 Å². The molecule has 15 heavy (non-hydrogen) atoms. The normalized spacial score (nSPS) is 10.7. The number of rotatable bonds is 5. The highest BCUT2D eigenvalue weighted by Gasteiger charge is 2.10. The summed E-state index contributed by atoms with van der Waals surface area (Å²) in [6.07, 6.45) is 2.64. The predicted molar refractivity (Wildman–Crippen MR) is 60.0 cm³/mol. The van der Waals surface area contributed by atoms with Crippen LogP contribution in [0.15, 0.2) is 6.20 Å². The summed E-state index contributed by atoms with van der Waals surface area (Å²) in [5.74, 6) is 0.369. The van der Waals surface area contributed by atoms with Gasteiger partial charge in [0.05, 0.1) is 12.3 Å². The van der Waals surface area contributed by atoms with E-state index in [2.05, 4.69) is 23.8 Å². The highest BCUT2D eigenvalue weighted by atomic mass is 16.5. The van der Waals surface area contributed by atoms with E-state index in [4.69, 9.17) is 10.5 Å².